The fraction of sp³-hybridized carbons (Fsp3) is 0.211. The largest absolute Gasteiger partial charge is 0.478 e. The van der Waals surface area contributed by atoms with Gasteiger partial charge in [0.25, 0.3) is 0 Å². The highest BCUT2D eigenvalue weighted by atomic mass is 32.2. The SMILES string of the molecule is Cc1c(S(=O)(=O)c2ccc(C(C)C)cc2)nnn1-c1cccc(C(=O)O)c1. The summed E-state index contributed by atoms with van der Waals surface area (Å²) in [6, 6.07) is 12.8. The predicted octanol–water partition coefficient (Wildman–Crippen LogP) is 3.23. The van der Waals surface area contributed by atoms with Crippen LogP contribution in [0.4, 0.5) is 0 Å². The van der Waals surface area contributed by atoms with Gasteiger partial charge in [0.1, 0.15) is 0 Å². The zero-order valence-corrected chi connectivity index (χ0v) is 15.9. The molecule has 140 valence electrons. The number of benzene rings is 2. The van der Waals surface area contributed by atoms with Crippen molar-refractivity contribution in [2.75, 3.05) is 0 Å². The lowest BCUT2D eigenvalue weighted by Crippen LogP contribution is -2.06. The summed E-state index contributed by atoms with van der Waals surface area (Å²) in [7, 11) is -3.84. The summed E-state index contributed by atoms with van der Waals surface area (Å²) in [6.07, 6.45) is 0. The van der Waals surface area contributed by atoms with Crippen LogP contribution in [0.3, 0.4) is 0 Å². The van der Waals surface area contributed by atoms with Crippen molar-refractivity contribution in [1.29, 1.82) is 0 Å². The fourth-order valence-electron chi connectivity index (χ4n) is 2.72. The van der Waals surface area contributed by atoms with Crippen LogP contribution in [-0.2, 0) is 9.84 Å². The molecule has 8 heteroatoms. The Balaban J connectivity index is 2.04. The Kier molecular flexibility index (Phi) is 4.84. The van der Waals surface area contributed by atoms with Crippen LogP contribution >= 0.6 is 0 Å². The summed E-state index contributed by atoms with van der Waals surface area (Å²) >= 11 is 0. The van der Waals surface area contributed by atoms with E-state index < -0.39 is 15.8 Å². The minimum absolute atomic E-state index is 0.0797. The first kappa shape index (κ1) is 18.8. The second-order valence-electron chi connectivity index (χ2n) is 6.47. The number of aromatic carboxylic acids is 1. The third-order valence-corrected chi connectivity index (χ3v) is 6.08. The zero-order valence-electron chi connectivity index (χ0n) is 15.1. The topological polar surface area (TPSA) is 102 Å². The van der Waals surface area contributed by atoms with E-state index in [0.717, 1.165) is 5.56 Å². The molecule has 7 nitrogen and oxygen atoms in total. The summed E-state index contributed by atoms with van der Waals surface area (Å²) in [4.78, 5) is 11.3. The van der Waals surface area contributed by atoms with Crippen LogP contribution in [0.2, 0.25) is 0 Å². The van der Waals surface area contributed by atoms with E-state index in [-0.39, 0.29) is 15.5 Å². The lowest BCUT2D eigenvalue weighted by Gasteiger charge is -2.08. The number of carboxylic acids is 1. The Morgan fingerprint density at radius 3 is 2.37 bits per heavy atom. The van der Waals surface area contributed by atoms with Crippen molar-refractivity contribution < 1.29 is 18.3 Å². The standard InChI is InChI=1S/C19H19N3O4S/c1-12(2)14-7-9-17(10-8-14)27(25,26)18-13(3)22(21-20-18)16-6-4-5-15(11-16)19(23)24/h4-12H,1-3H3,(H,23,24). The van der Waals surface area contributed by atoms with Gasteiger partial charge in [-0.2, -0.15) is 0 Å². The first-order valence-electron chi connectivity index (χ1n) is 8.33. The Morgan fingerprint density at radius 1 is 1.11 bits per heavy atom. The van der Waals surface area contributed by atoms with Gasteiger partial charge >= 0.3 is 5.97 Å². The van der Waals surface area contributed by atoms with Crippen LogP contribution in [0.15, 0.2) is 58.5 Å². The van der Waals surface area contributed by atoms with Gasteiger partial charge in [0.05, 0.1) is 21.8 Å². The molecule has 1 heterocycles. The van der Waals surface area contributed by atoms with Crippen molar-refractivity contribution in [3.05, 3.63) is 65.4 Å². The molecule has 0 amide bonds. The number of aromatic nitrogens is 3. The fourth-order valence-corrected chi connectivity index (χ4v) is 4.06. The van der Waals surface area contributed by atoms with Crippen molar-refractivity contribution in [1.82, 2.24) is 15.0 Å². The van der Waals surface area contributed by atoms with E-state index in [1.165, 1.54) is 16.8 Å². The lowest BCUT2D eigenvalue weighted by molar-refractivity contribution is 0.0697. The van der Waals surface area contributed by atoms with Crippen molar-refractivity contribution in [3.63, 3.8) is 0 Å². The molecule has 0 fully saturated rings. The molecule has 2 aromatic carbocycles. The quantitative estimate of drug-likeness (QED) is 0.723. The second kappa shape index (κ2) is 6.96. The summed E-state index contributed by atoms with van der Waals surface area (Å²) in [5, 5.41) is 16.7. The van der Waals surface area contributed by atoms with Gasteiger partial charge in [0.2, 0.25) is 14.9 Å². The van der Waals surface area contributed by atoms with Gasteiger partial charge in [-0.05, 0) is 48.7 Å². The van der Waals surface area contributed by atoms with Gasteiger partial charge in [0.15, 0.2) is 0 Å². The van der Waals surface area contributed by atoms with E-state index in [1.807, 2.05) is 13.8 Å². The average molecular weight is 385 g/mol. The molecule has 0 radical (unpaired) electrons. The molecule has 0 spiro atoms. The van der Waals surface area contributed by atoms with Crippen LogP contribution in [0, 0.1) is 6.92 Å². The number of carbonyl (C=O) groups is 1. The molecule has 0 bridgehead atoms. The lowest BCUT2D eigenvalue weighted by atomic mass is 10.0. The van der Waals surface area contributed by atoms with E-state index >= 15 is 0 Å². The van der Waals surface area contributed by atoms with Gasteiger partial charge in [-0.1, -0.05) is 37.3 Å². The van der Waals surface area contributed by atoms with Crippen molar-refractivity contribution in [3.8, 4) is 5.69 Å². The van der Waals surface area contributed by atoms with Crippen LogP contribution in [0.5, 0.6) is 0 Å². The molecule has 0 aliphatic heterocycles. The van der Waals surface area contributed by atoms with E-state index in [2.05, 4.69) is 10.3 Å². The first-order valence-corrected chi connectivity index (χ1v) is 9.81. The Labute approximate surface area is 157 Å². The van der Waals surface area contributed by atoms with Gasteiger partial charge in [0, 0.05) is 0 Å². The van der Waals surface area contributed by atoms with Crippen LogP contribution in [0.25, 0.3) is 5.69 Å². The molecule has 1 aromatic heterocycles. The maximum atomic E-state index is 12.9. The molecule has 0 unspecified atom stereocenters. The second-order valence-corrected chi connectivity index (χ2v) is 8.34. The van der Waals surface area contributed by atoms with Gasteiger partial charge < -0.3 is 5.11 Å². The number of hydrogen-bond acceptors (Lipinski definition) is 5. The molecule has 3 aromatic rings. The van der Waals surface area contributed by atoms with Crippen molar-refractivity contribution >= 4 is 15.8 Å². The third-order valence-electron chi connectivity index (χ3n) is 4.30. The van der Waals surface area contributed by atoms with Crippen LogP contribution in [-0.4, -0.2) is 34.5 Å². The number of hydrogen-bond donors (Lipinski definition) is 1. The minimum atomic E-state index is -3.84. The maximum absolute atomic E-state index is 12.9. The number of nitrogens with zero attached hydrogens (tertiary/aromatic N) is 3. The summed E-state index contributed by atoms with van der Waals surface area (Å²) in [5.74, 6) is -0.779. The van der Waals surface area contributed by atoms with Crippen LogP contribution in [0.1, 0.15) is 41.4 Å². The van der Waals surface area contributed by atoms with Gasteiger partial charge in [-0.25, -0.2) is 17.9 Å². The van der Waals surface area contributed by atoms with Crippen LogP contribution < -0.4 is 0 Å². The smallest absolute Gasteiger partial charge is 0.335 e. The Bertz CT molecular complexity index is 1100. The molecule has 0 aliphatic carbocycles. The number of sulfone groups is 1. The highest BCUT2D eigenvalue weighted by molar-refractivity contribution is 7.91. The molecule has 0 atom stereocenters. The van der Waals surface area contributed by atoms with E-state index in [9.17, 15) is 13.2 Å². The summed E-state index contributed by atoms with van der Waals surface area (Å²) in [5.41, 5.74) is 1.86. The monoisotopic (exact) mass is 385 g/mol. The molecule has 3 rings (SSSR count). The normalized spacial score (nSPS) is 11.7. The van der Waals surface area contributed by atoms with Gasteiger partial charge in [-0.15, -0.1) is 5.10 Å². The Morgan fingerprint density at radius 2 is 1.78 bits per heavy atom. The highest BCUT2D eigenvalue weighted by Crippen LogP contribution is 2.25. The molecule has 27 heavy (non-hydrogen) atoms. The van der Waals surface area contributed by atoms with Crippen molar-refractivity contribution in [2.45, 2.75) is 36.6 Å². The average Bonchev–Trinajstić information content (AvgIpc) is 3.04. The molecule has 1 N–H and O–H groups in total. The van der Waals surface area contributed by atoms with E-state index in [0.29, 0.717) is 17.3 Å². The minimum Gasteiger partial charge on any atom is -0.478 e. The van der Waals surface area contributed by atoms with E-state index in [1.54, 1.807) is 43.3 Å². The number of carboxylic acid groups (broad SMARTS) is 1. The molecule has 0 saturated carbocycles. The first-order chi connectivity index (χ1) is 12.7. The molecular formula is C19H19N3O4S. The van der Waals surface area contributed by atoms with Gasteiger partial charge in [-0.3, -0.25) is 0 Å². The summed E-state index contributed by atoms with van der Waals surface area (Å²) in [6.45, 7) is 5.65. The predicted molar refractivity (Wildman–Crippen MR) is 99.0 cm³/mol. The van der Waals surface area contributed by atoms with Crippen molar-refractivity contribution in [2.24, 2.45) is 0 Å². The zero-order chi connectivity index (χ0) is 19.8. The third kappa shape index (κ3) is 3.48. The number of rotatable bonds is 5. The Hall–Kier alpha value is -3.00. The molecule has 0 saturated heterocycles. The highest BCUT2D eigenvalue weighted by Gasteiger charge is 2.26. The molecule has 0 aliphatic rings. The maximum Gasteiger partial charge on any atom is 0.335 e. The summed E-state index contributed by atoms with van der Waals surface area (Å²) < 4.78 is 27.2. The molecular weight excluding hydrogens is 366 g/mol. The van der Waals surface area contributed by atoms with E-state index in [4.69, 9.17) is 5.11 Å².